The fraction of sp³-hybridized carbons (Fsp3) is 0.478. The Labute approximate surface area is 160 Å². The lowest BCUT2D eigenvalue weighted by Crippen LogP contribution is -2.34. The van der Waals surface area contributed by atoms with Crippen molar-refractivity contribution >= 4 is 0 Å². The molecule has 1 aliphatic heterocycles. The van der Waals surface area contributed by atoms with Crippen LogP contribution in [0.1, 0.15) is 24.0 Å². The van der Waals surface area contributed by atoms with Gasteiger partial charge in [-0.3, -0.25) is 0 Å². The molecule has 1 N–H and O–H groups in total. The van der Waals surface area contributed by atoms with E-state index in [9.17, 15) is 9.50 Å². The minimum Gasteiger partial charge on any atom is -0.505 e. The Morgan fingerprint density at radius 2 is 1.78 bits per heavy atom. The van der Waals surface area contributed by atoms with Crippen LogP contribution in [0.25, 0.3) is 0 Å². The Kier molecular flexibility index (Phi) is 5.20. The molecule has 2 fully saturated rings. The van der Waals surface area contributed by atoms with Crippen LogP contribution in [-0.4, -0.2) is 42.4 Å². The number of aromatic hydroxyl groups is 1. The minimum atomic E-state index is -0.531. The second kappa shape index (κ2) is 7.61. The van der Waals surface area contributed by atoms with E-state index in [1.54, 1.807) is 0 Å². The number of halogens is 1. The van der Waals surface area contributed by atoms with Gasteiger partial charge in [-0.15, -0.1) is 0 Å². The summed E-state index contributed by atoms with van der Waals surface area (Å²) in [5.74, 6) is 0.566. The lowest BCUT2D eigenvalue weighted by Gasteiger charge is -2.30. The summed E-state index contributed by atoms with van der Waals surface area (Å²) < 4.78 is 19.5. The highest BCUT2D eigenvalue weighted by Crippen LogP contribution is 2.47. The average molecular weight is 369 g/mol. The molecule has 4 heteroatoms. The van der Waals surface area contributed by atoms with Crippen LogP contribution in [0.2, 0.25) is 0 Å². The van der Waals surface area contributed by atoms with Gasteiger partial charge in [0.15, 0.2) is 11.6 Å². The summed E-state index contributed by atoms with van der Waals surface area (Å²) in [4.78, 5) is 2.50. The number of phenolic OH excluding ortho intramolecular Hbond substituents is 1. The summed E-state index contributed by atoms with van der Waals surface area (Å²) in [7, 11) is 1.86. The predicted molar refractivity (Wildman–Crippen MR) is 104 cm³/mol. The van der Waals surface area contributed by atoms with Gasteiger partial charge in [0.25, 0.3) is 0 Å². The topological polar surface area (TPSA) is 32.7 Å². The van der Waals surface area contributed by atoms with Gasteiger partial charge in [0, 0.05) is 33.2 Å². The molecule has 0 aromatic heterocycles. The van der Waals surface area contributed by atoms with Crippen molar-refractivity contribution in [3.8, 4) is 5.75 Å². The second-order valence-corrected chi connectivity index (χ2v) is 8.27. The number of hydrogen-bond donors (Lipinski definition) is 1. The van der Waals surface area contributed by atoms with E-state index in [1.807, 2.05) is 13.2 Å². The van der Waals surface area contributed by atoms with E-state index in [1.165, 1.54) is 17.7 Å². The molecule has 2 aromatic rings. The third kappa shape index (κ3) is 4.02. The van der Waals surface area contributed by atoms with Crippen LogP contribution < -0.4 is 0 Å². The van der Waals surface area contributed by atoms with Gasteiger partial charge in [-0.05, 0) is 54.4 Å². The molecule has 2 atom stereocenters. The van der Waals surface area contributed by atoms with Crippen molar-refractivity contribution in [1.82, 2.24) is 4.90 Å². The van der Waals surface area contributed by atoms with Crippen LogP contribution in [0, 0.1) is 17.7 Å². The van der Waals surface area contributed by atoms with Gasteiger partial charge >= 0.3 is 0 Å². The van der Waals surface area contributed by atoms with Gasteiger partial charge in [-0.2, -0.15) is 0 Å². The molecule has 3 nitrogen and oxygen atoms in total. The summed E-state index contributed by atoms with van der Waals surface area (Å²) in [6.45, 7) is 3.14. The summed E-state index contributed by atoms with van der Waals surface area (Å²) in [6.07, 6.45) is 4.04. The smallest absolute Gasteiger partial charge is 0.165 e. The fourth-order valence-corrected chi connectivity index (χ4v) is 5.06. The standard InChI is InChI=1S/C23H28FNO2/c1-27-23(12-18-5-3-2-4-6-18)13-19-15-25(16-20(19)14-23)10-9-17-7-8-22(26)21(24)11-17/h2-8,11,19-20,26H,9-10,12-16H2,1H3. The molecule has 0 bridgehead atoms. The highest BCUT2D eigenvalue weighted by atomic mass is 19.1. The number of benzene rings is 2. The molecule has 1 saturated heterocycles. The zero-order valence-electron chi connectivity index (χ0n) is 15.9. The Hall–Kier alpha value is -1.91. The van der Waals surface area contributed by atoms with Crippen LogP contribution in [0.3, 0.4) is 0 Å². The highest BCUT2D eigenvalue weighted by Gasteiger charge is 2.49. The first-order valence-electron chi connectivity index (χ1n) is 9.86. The maximum absolute atomic E-state index is 13.5. The number of nitrogens with zero attached hydrogens (tertiary/aromatic N) is 1. The van der Waals surface area contributed by atoms with Crippen molar-refractivity contribution in [2.24, 2.45) is 11.8 Å². The van der Waals surface area contributed by atoms with Crippen LogP contribution in [0.15, 0.2) is 48.5 Å². The molecule has 144 valence electrons. The lowest BCUT2D eigenvalue weighted by molar-refractivity contribution is -0.0130. The summed E-state index contributed by atoms with van der Waals surface area (Å²) in [5.41, 5.74) is 2.27. The predicted octanol–water partition coefficient (Wildman–Crippen LogP) is 4.04. The van der Waals surface area contributed by atoms with Crippen LogP contribution in [0.5, 0.6) is 5.75 Å². The van der Waals surface area contributed by atoms with Crippen molar-refractivity contribution in [2.45, 2.75) is 31.3 Å². The van der Waals surface area contributed by atoms with Gasteiger partial charge in [-0.25, -0.2) is 4.39 Å². The third-order valence-electron chi connectivity index (χ3n) is 6.45. The lowest BCUT2D eigenvalue weighted by atomic mass is 9.91. The molecule has 1 saturated carbocycles. The molecule has 0 spiro atoms. The van der Waals surface area contributed by atoms with Gasteiger partial charge in [0.2, 0.25) is 0 Å². The summed E-state index contributed by atoms with van der Waals surface area (Å²) in [6, 6.07) is 15.3. The van der Waals surface area contributed by atoms with E-state index in [0.29, 0.717) is 11.8 Å². The highest BCUT2D eigenvalue weighted by molar-refractivity contribution is 5.28. The van der Waals surface area contributed by atoms with E-state index in [2.05, 4.69) is 35.2 Å². The Balaban J connectivity index is 1.32. The monoisotopic (exact) mass is 369 g/mol. The van der Waals surface area contributed by atoms with Gasteiger partial charge in [0.05, 0.1) is 5.60 Å². The molecular weight excluding hydrogens is 341 g/mol. The Morgan fingerprint density at radius 1 is 1.07 bits per heavy atom. The van der Waals surface area contributed by atoms with E-state index < -0.39 is 5.82 Å². The second-order valence-electron chi connectivity index (χ2n) is 8.27. The number of fused-ring (bicyclic) bond motifs is 1. The largest absolute Gasteiger partial charge is 0.505 e. The summed E-state index contributed by atoms with van der Waals surface area (Å²) in [5, 5.41) is 9.31. The molecule has 1 aliphatic carbocycles. The number of hydrogen-bond acceptors (Lipinski definition) is 3. The number of rotatable bonds is 6. The molecular formula is C23H28FNO2. The minimum absolute atomic E-state index is 0.0249. The zero-order valence-corrected chi connectivity index (χ0v) is 15.9. The first kappa shape index (κ1) is 18.5. The average Bonchev–Trinajstić information content (AvgIpc) is 3.19. The number of likely N-dealkylation sites (tertiary alicyclic amines) is 1. The van der Waals surface area contributed by atoms with Crippen LogP contribution in [0.4, 0.5) is 4.39 Å². The normalized spacial score (nSPS) is 27.8. The fourth-order valence-electron chi connectivity index (χ4n) is 5.06. The molecule has 2 aliphatic rings. The van der Waals surface area contributed by atoms with Crippen molar-refractivity contribution in [3.05, 3.63) is 65.5 Å². The molecule has 4 rings (SSSR count). The van der Waals surface area contributed by atoms with E-state index in [4.69, 9.17) is 4.74 Å². The Morgan fingerprint density at radius 3 is 2.41 bits per heavy atom. The third-order valence-corrected chi connectivity index (χ3v) is 6.45. The van der Waals surface area contributed by atoms with Crippen molar-refractivity contribution < 1.29 is 14.2 Å². The quantitative estimate of drug-likeness (QED) is 0.834. The van der Waals surface area contributed by atoms with Gasteiger partial charge < -0.3 is 14.7 Å². The van der Waals surface area contributed by atoms with Crippen LogP contribution in [-0.2, 0) is 17.6 Å². The first-order valence-corrected chi connectivity index (χ1v) is 9.86. The number of methoxy groups -OCH3 is 1. The van der Waals surface area contributed by atoms with Gasteiger partial charge in [-0.1, -0.05) is 36.4 Å². The first-order chi connectivity index (χ1) is 13.1. The molecule has 0 amide bonds. The SMILES string of the molecule is COC1(Cc2ccccc2)CC2CN(CCc3ccc(O)c(F)c3)CC2C1. The van der Waals surface area contributed by atoms with E-state index in [0.717, 1.165) is 50.9 Å². The maximum atomic E-state index is 13.5. The molecule has 27 heavy (non-hydrogen) atoms. The zero-order chi connectivity index (χ0) is 18.9. The summed E-state index contributed by atoms with van der Waals surface area (Å²) >= 11 is 0. The van der Waals surface area contributed by atoms with E-state index >= 15 is 0 Å². The maximum Gasteiger partial charge on any atom is 0.165 e. The molecule has 1 heterocycles. The molecule has 0 radical (unpaired) electrons. The number of ether oxygens (including phenoxy) is 1. The van der Waals surface area contributed by atoms with E-state index in [-0.39, 0.29) is 11.4 Å². The Bertz CT molecular complexity index is 765. The van der Waals surface area contributed by atoms with Crippen molar-refractivity contribution in [1.29, 1.82) is 0 Å². The van der Waals surface area contributed by atoms with Crippen LogP contribution >= 0.6 is 0 Å². The molecule has 2 unspecified atom stereocenters. The number of phenols is 1. The van der Waals surface area contributed by atoms with Gasteiger partial charge in [0.1, 0.15) is 0 Å². The van der Waals surface area contributed by atoms with Crippen molar-refractivity contribution in [3.63, 3.8) is 0 Å². The molecule has 2 aromatic carbocycles. The van der Waals surface area contributed by atoms with Crippen molar-refractivity contribution in [2.75, 3.05) is 26.7 Å².